The van der Waals surface area contributed by atoms with E-state index in [1.807, 2.05) is 33.8 Å². The van der Waals surface area contributed by atoms with Gasteiger partial charge >= 0.3 is 5.97 Å². The van der Waals surface area contributed by atoms with Crippen LogP contribution in [0.1, 0.15) is 54.6 Å². The molecule has 0 radical (unpaired) electrons. The normalized spacial score (nSPS) is 19.8. The van der Waals surface area contributed by atoms with Crippen LogP contribution in [-0.2, 0) is 14.3 Å². The summed E-state index contributed by atoms with van der Waals surface area (Å²) >= 11 is 0. The van der Waals surface area contributed by atoms with Crippen molar-refractivity contribution < 1.29 is 19.1 Å². The van der Waals surface area contributed by atoms with Crippen LogP contribution in [0.15, 0.2) is 18.2 Å². The number of nitrogens with one attached hydrogen (secondary N) is 1. The summed E-state index contributed by atoms with van der Waals surface area (Å²) in [7, 11) is 0. The number of carbonyl (C=O) groups excluding carboxylic acids is 3. The van der Waals surface area contributed by atoms with E-state index >= 15 is 0 Å². The summed E-state index contributed by atoms with van der Waals surface area (Å²) in [6.45, 7) is 7.30. The predicted molar refractivity (Wildman–Crippen MR) is 98.8 cm³/mol. The smallest absolute Gasteiger partial charge is 0.325 e. The number of carbonyl (C=O) groups is 3. The molecule has 1 aliphatic heterocycles. The molecule has 6 heteroatoms. The molecule has 0 saturated carbocycles. The topological polar surface area (TPSA) is 75.7 Å². The van der Waals surface area contributed by atoms with Gasteiger partial charge in [-0.25, -0.2) is 0 Å². The quantitative estimate of drug-likeness (QED) is 0.818. The highest BCUT2D eigenvalue weighted by Crippen LogP contribution is 2.22. The highest BCUT2D eigenvalue weighted by atomic mass is 16.5. The monoisotopic (exact) mass is 360 g/mol. The van der Waals surface area contributed by atoms with E-state index in [1.165, 1.54) is 0 Å². The summed E-state index contributed by atoms with van der Waals surface area (Å²) in [6, 6.07) is 5.81. The largest absolute Gasteiger partial charge is 0.454 e. The van der Waals surface area contributed by atoms with E-state index in [9.17, 15) is 14.4 Å². The third kappa shape index (κ3) is 5.31. The average Bonchev–Trinajstić information content (AvgIpc) is 2.56. The number of likely N-dealkylation sites (tertiary alicyclic amines) is 1. The van der Waals surface area contributed by atoms with E-state index in [2.05, 4.69) is 5.32 Å². The van der Waals surface area contributed by atoms with Crippen LogP contribution < -0.4 is 5.32 Å². The Labute approximate surface area is 154 Å². The van der Waals surface area contributed by atoms with Gasteiger partial charge in [-0.15, -0.1) is 0 Å². The van der Waals surface area contributed by atoms with E-state index in [0.717, 1.165) is 30.4 Å². The molecule has 1 heterocycles. The van der Waals surface area contributed by atoms with Gasteiger partial charge in [0, 0.05) is 17.6 Å². The van der Waals surface area contributed by atoms with E-state index < -0.39 is 5.97 Å². The van der Waals surface area contributed by atoms with Crippen LogP contribution in [0, 0.1) is 13.8 Å². The van der Waals surface area contributed by atoms with Gasteiger partial charge in [0.15, 0.2) is 6.61 Å². The van der Waals surface area contributed by atoms with Gasteiger partial charge in [0.25, 0.3) is 11.8 Å². The zero-order valence-electron chi connectivity index (χ0n) is 16.0. The van der Waals surface area contributed by atoms with Gasteiger partial charge < -0.3 is 15.0 Å². The molecule has 142 valence electrons. The van der Waals surface area contributed by atoms with Crippen LogP contribution in [0.25, 0.3) is 0 Å². The molecule has 0 aliphatic carbocycles. The van der Waals surface area contributed by atoms with Crippen LogP contribution in [0.5, 0.6) is 0 Å². The van der Waals surface area contributed by atoms with Gasteiger partial charge in [0.2, 0.25) is 0 Å². The van der Waals surface area contributed by atoms with Gasteiger partial charge in [0.1, 0.15) is 6.54 Å². The first-order valence-corrected chi connectivity index (χ1v) is 9.11. The lowest BCUT2D eigenvalue weighted by Gasteiger charge is -2.38. The maximum Gasteiger partial charge on any atom is 0.325 e. The number of hydrogen-bond acceptors (Lipinski definition) is 4. The lowest BCUT2D eigenvalue weighted by Crippen LogP contribution is -2.49. The number of amides is 2. The van der Waals surface area contributed by atoms with E-state index in [1.54, 1.807) is 17.0 Å². The molecule has 0 aromatic heterocycles. The van der Waals surface area contributed by atoms with Crippen molar-refractivity contribution in [2.24, 2.45) is 0 Å². The second-order valence-corrected chi connectivity index (χ2v) is 7.15. The number of aryl methyl sites for hydroxylation is 2. The second kappa shape index (κ2) is 8.83. The molecule has 2 atom stereocenters. The van der Waals surface area contributed by atoms with Gasteiger partial charge in [-0.3, -0.25) is 14.4 Å². The first kappa shape index (κ1) is 19.9. The number of benzene rings is 1. The van der Waals surface area contributed by atoms with Gasteiger partial charge in [-0.2, -0.15) is 0 Å². The summed E-state index contributed by atoms with van der Waals surface area (Å²) in [6.07, 6.45) is 3.04. The summed E-state index contributed by atoms with van der Waals surface area (Å²) < 4.78 is 5.04. The zero-order valence-corrected chi connectivity index (χ0v) is 16.0. The summed E-state index contributed by atoms with van der Waals surface area (Å²) in [5.74, 6) is -1.13. The molecule has 1 aromatic carbocycles. The predicted octanol–water partition coefficient (Wildman–Crippen LogP) is 2.37. The van der Waals surface area contributed by atoms with Crippen molar-refractivity contribution in [1.82, 2.24) is 10.2 Å². The lowest BCUT2D eigenvalue weighted by molar-refractivity contribution is -0.154. The Hall–Kier alpha value is -2.37. The Kier molecular flexibility index (Phi) is 6.77. The third-order valence-electron chi connectivity index (χ3n) is 4.72. The Bertz CT molecular complexity index is 656. The fourth-order valence-corrected chi connectivity index (χ4v) is 3.54. The molecule has 2 unspecified atom stereocenters. The number of rotatable bonds is 5. The van der Waals surface area contributed by atoms with Gasteiger partial charge in [0.05, 0.1) is 0 Å². The molecular weight excluding hydrogens is 332 g/mol. The number of nitrogens with zero attached hydrogens (tertiary/aromatic N) is 1. The van der Waals surface area contributed by atoms with Crippen LogP contribution in [0.4, 0.5) is 0 Å². The number of hydrogen-bond donors (Lipinski definition) is 1. The molecule has 1 aliphatic rings. The van der Waals surface area contributed by atoms with Crippen molar-refractivity contribution in [3.05, 3.63) is 34.9 Å². The summed E-state index contributed by atoms with van der Waals surface area (Å²) in [5.41, 5.74) is 2.46. The van der Waals surface area contributed by atoms with Crippen molar-refractivity contribution in [3.63, 3.8) is 0 Å². The van der Waals surface area contributed by atoms with E-state index in [-0.39, 0.29) is 37.0 Å². The summed E-state index contributed by atoms with van der Waals surface area (Å²) in [4.78, 5) is 38.1. The molecule has 0 bridgehead atoms. The highest BCUT2D eigenvalue weighted by Gasteiger charge is 2.29. The van der Waals surface area contributed by atoms with Crippen molar-refractivity contribution in [3.8, 4) is 0 Å². The molecular formula is C20H28N2O4. The highest BCUT2D eigenvalue weighted by molar-refractivity contribution is 5.96. The number of esters is 1. The second-order valence-electron chi connectivity index (χ2n) is 7.15. The minimum Gasteiger partial charge on any atom is -0.454 e. The van der Waals surface area contributed by atoms with Crippen LogP contribution >= 0.6 is 0 Å². The fraction of sp³-hybridized carbons (Fsp3) is 0.550. The minimum atomic E-state index is -0.617. The Balaban J connectivity index is 1.79. The fourth-order valence-electron chi connectivity index (χ4n) is 3.54. The van der Waals surface area contributed by atoms with Crippen molar-refractivity contribution >= 4 is 17.8 Å². The van der Waals surface area contributed by atoms with Crippen LogP contribution in [0.3, 0.4) is 0 Å². The van der Waals surface area contributed by atoms with E-state index in [4.69, 9.17) is 4.74 Å². The third-order valence-corrected chi connectivity index (χ3v) is 4.72. The Morgan fingerprint density at radius 1 is 1.08 bits per heavy atom. The Morgan fingerprint density at radius 3 is 2.23 bits per heavy atom. The molecule has 1 fully saturated rings. The first-order valence-electron chi connectivity index (χ1n) is 9.11. The first-order chi connectivity index (χ1) is 12.3. The minimum absolute atomic E-state index is 0.161. The molecule has 2 amide bonds. The van der Waals surface area contributed by atoms with E-state index in [0.29, 0.717) is 5.56 Å². The average molecular weight is 360 g/mol. The van der Waals surface area contributed by atoms with Crippen LogP contribution in [0.2, 0.25) is 0 Å². The molecule has 1 aromatic rings. The van der Waals surface area contributed by atoms with Gasteiger partial charge in [-0.1, -0.05) is 17.2 Å². The lowest BCUT2D eigenvalue weighted by atomic mass is 9.97. The molecule has 0 spiro atoms. The zero-order chi connectivity index (χ0) is 19.3. The molecule has 1 saturated heterocycles. The molecule has 26 heavy (non-hydrogen) atoms. The van der Waals surface area contributed by atoms with Crippen LogP contribution in [-0.4, -0.2) is 47.9 Å². The van der Waals surface area contributed by atoms with Crippen molar-refractivity contribution in [2.45, 2.75) is 59.0 Å². The standard InChI is InChI=1S/C20H28N2O4/c1-13-8-14(2)10-17(9-13)20(25)21-11-19(24)26-12-18(23)22-15(3)6-5-7-16(22)4/h8-10,15-16H,5-7,11-12H2,1-4H3,(H,21,25). The number of ether oxygens (including phenoxy) is 1. The molecule has 6 nitrogen and oxygen atoms in total. The summed E-state index contributed by atoms with van der Waals surface area (Å²) in [5, 5.41) is 2.54. The SMILES string of the molecule is Cc1cc(C)cc(C(=O)NCC(=O)OCC(=O)N2C(C)CCCC2C)c1. The maximum absolute atomic E-state index is 12.3. The molecule has 1 N–H and O–H groups in total. The molecule has 2 rings (SSSR count). The van der Waals surface area contributed by atoms with Crippen molar-refractivity contribution in [2.75, 3.05) is 13.2 Å². The Morgan fingerprint density at radius 2 is 1.65 bits per heavy atom. The maximum atomic E-state index is 12.3. The van der Waals surface area contributed by atoms with Gasteiger partial charge in [-0.05, 0) is 59.1 Å². The number of piperidine rings is 1. The van der Waals surface area contributed by atoms with Crippen molar-refractivity contribution in [1.29, 1.82) is 0 Å².